The summed E-state index contributed by atoms with van der Waals surface area (Å²) in [6, 6.07) is 3.36. The molecule has 0 aliphatic heterocycles. The molecule has 0 aromatic carbocycles. The quantitative estimate of drug-likeness (QED) is 0.705. The number of carbonyl (C=O) groups is 1. The Balaban J connectivity index is 2.55. The summed E-state index contributed by atoms with van der Waals surface area (Å²) in [6.07, 6.45) is 5.41. The third kappa shape index (κ3) is 1.52. The Bertz CT molecular complexity index is 467. The summed E-state index contributed by atoms with van der Waals surface area (Å²) in [7, 11) is 0. The van der Waals surface area contributed by atoms with E-state index in [4.69, 9.17) is 11.6 Å². The van der Waals surface area contributed by atoms with Crippen LogP contribution in [0.3, 0.4) is 0 Å². The molecule has 2 rings (SSSR count). The molecule has 2 heterocycles. The lowest BCUT2D eigenvalue weighted by atomic mass is 10.3. The van der Waals surface area contributed by atoms with E-state index < -0.39 is 0 Å². The van der Waals surface area contributed by atoms with E-state index in [-0.39, 0.29) is 0 Å². The highest BCUT2D eigenvalue weighted by molar-refractivity contribution is 6.30. The van der Waals surface area contributed by atoms with Crippen molar-refractivity contribution in [2.75, 3.05) is 0 Å². The summed E-state index contributed by atoms with van der Waals surface area (Å²) < 4.78 is 1.46. The van der Waals surface area contributed by atoms with Gasteiger partial charge in [-0.15, -0.1) is 0 Å². The average molecular weight is 208 g/mol. The van der Waals surface area contributed by atoms with Crippen LogP contribution in [0.5, 0.6) is 0 Å². The first kappa shape index (κ1) is 8.90. The van der Waals surface area contributed by atoms with Gasteiger partial charge in [-0.25, -0.2) is 9.67 Å². The summed E-state index contributed by atoms with van der Waals surface area (Å²) in [4.78, 5) is 14.7. The number of aldehydes is 1. The molecule has 70 valence electrons. The second-order valence-corrected chi connectivity index (χ2v) is 3.07. The maximum Gasteiger partial charge on any atom is 0.163 e. The number of halogens is 1. The van der Waals surface area contributed by atoms with Gasteiger partial charge in [0, 0.05) is 6.20 Å². The Morgan fingerprint density at radius 2 is 2.36 bits per heavy atom. The van der Waals surface area contributed by atoms with E-state index in [0.717, 1.165) is 6.29 Å². The molecule has 2 aromatic heterocycles. The minimum absolute atomic E-state index is 0.479. The van der Waals surface area contributed by atoms with Crippen LogP contribution in [0.2, 0.25) is 5.02 Å². The first-order chi connectivity index (χ1) is 6.81. The molecule has 14 heavy (non-hydrogen) atoms. The highest BCUT2D eigenvalue weighted by Crippen LogP contribution is 2.12. The van der Waals surface area contributed by atoms with E-state index >= 15 is 0 Å². The lowest BCUT2D eigenvalue weighted by molar-refractivity contribution is 0.112. The monoisotopic (exact) mass is 207 g/mol. The second-order valence-electron chi connectivity index (χ2n) is 2.64. The van der Waals surface area contributed by atoms with Crippen LogP contribution in [-0.4, -0.2) is 21.1 Å². The normalized spacial score (nSPS) is 10.1. The third-order valence-corrected chi connectivity index (χ3v) is 1.91. The third-order valence-electron chi connectivity index (χ3n) is 1.71. The van der Waals surface area contributed by atoms with E-state index in [9.17, 15) is 4.79 Å². The van der Waals surface area contributed by atoms with Gasteiger partial charge in [0.2, 0.25) is 0 Å². The SMILES string of the molecule is O=Cc1cccnc1-n1cc(Cl)cn1. The summed E-state index contributed by atoms with van der Waals surface area (Å²) >= 11 is 5.71. The largest absolute Gasteiger partial charge is 0.298 e. The fraction of sp³-hybridized carbons (Fsp3) is 0. The molecule has 0 atom stereocenters. The molecule has 0 spiro atoms. The van der Waals surface area contributed by atoms with E-state index in [1.165, 1.54) is 10.9 Å². The fourth-order valence-corrected chi connectivity index (χ4v) is 1.25. The number of carbonyl (C=O) groups excluding carboxylic acids is 1. The molecule has 2 aromatic rings. The topological polar surface area (TPSA) is 47.8 Å². The van der Waals surface area contributed by atoms with Crippen LogP contribution in [0.15, 0.2) is 30.7 Å². The van der Waals surface area contributed by atoms with E-state index in [2.05, 4.69) is 10.1 Å². The minimum atomic E-state index is 0.479. The Hall–Kier alpha value is -1.68. The zero-order valence-electron chi connectivity index (χ0n) is 7.09. The van der Waals surface area contributed by atoms with Crippen molar-refractivity contribution >= 4 is 17.9 Å². The molecule has 0 radical (unpaired) electrons. The number of rotatable bonds is 2. The molecule has 0 saturated carbocycles. The zero-order valence-corrected chi connectivity index (χ0v) is 7.85. The Labute approximate surface area is 85.1 Å². The first-order valence-corrected chi connectivity index (χ1v) is 4.30. The van der Waals surface area contributed by atoms with Crippen LogP contribution in [0, 0.1) is 0 Å². The van der Waals surface area contributed by atoms with Crippen molar-refractivity contribution in [2.24, 2.45) is 0 Å². The smallest absolute Gasteiger partial charge is 0.163 e. The van der Waals surface area contributed by atoms with Crippen molar-refractivity contribution < 1.29 is 4.79 Å². The van der Waals surface area contributed by atoms with Gasteiger partial charge < -0.3 is 0 Å². The van der Waals surface area contributed by atoms with Crippen LogP contribution in [0.1, 0.15) is 10.4 Å². The average Bonchev–Trinajstić information content (AvgIpc) is 2.65. The molecule has 0 aliphatic rings. The summed E-state index contributed by atoms with van der Waals surface area (Å²) in [5.41, 5.74) is 0.479. The fourth-order valence-electron chi connectivity index (χ4n) is 1.11. The molecule has 0 saturated heterocycles. The van der Waals surface area contributed by atoms with Crippen molar-refractivity contribution in [3.05, 3.63) is 41.3 Å². The van der Waals surface area contributed by atoms with Crippen LogP contribution < -0.4 is 0 Å². The Kier molecular flexibility index (Phi) is 2.28. The molecular weight excluding hydrogens is 202 g/mol. The van der Waals surface area contributed by atoms with Crippen molar-refractivity contribution in [2.45, 2.75) is 0 Å². The predicted octanol–water partition coefficient (Wildman–Crippen LogP) is 1.73. The van der Waals surface area contributed by atoms with Crippen molar-refractivity contribution in [3.63, 3.8) is 0 Å². The van der Waals surface area contributed by atoms with Crippen molar-refractivity contribution in [3.8, 4) is 5.82 Å². The predicted molar refractivity (Wildman–Crippen MR) is 51.8 cm³/mol. The van der Waals surface area contributed by atoms with Gasteiger partial charge in [-0.3, -0.25) is 4.79 Å². The molecule has 0 unspecified atom stereocenters. The molecule has 0 aliphatic carbocycles. The maximum atomic E-state index is 10.7. The highest BCUT2D eigenvalue weighted by Gasteiger charge is 2.05. The highest BCUT2D eigenvalue weighted by atomic mass is 35.5. The molecule has 0 N–H and O–H groups in total. The van der Waals surface area contributed by atoms with Crippen LogP contribution >= 0.6 is 11.6 Å². The number of pyridine rings is 1. The number of nitrogens with zero attached hydrogens (tertiary/aromatic N) is 3. The molecule has 4 nitrogen and oxygen atoms in total. The molecular formula is C9H6ClN3O. The first-order valence-electron chi connectivity index (χ1n) is 3.92. The number of hydrogen-bond acceptors (Lipinski definition) is 3. The van der Waals surface area contributed by atoms with Gasteiger partial charge in [-0.1, -0.05) is 11.6 Å². The molecule has 0 amide bonds. The van der Waals surface area contributed by atoms with Gasteiger partial charge >= 0.3 is 0 Å². The maximum absolute atomic E-state index is 10.7. The van der Waals surface area contributed by atoms with Gasteiger partial charge in [-0.2, -0.15) is 5.10 Å². The van der Waals surface area contributed by atoms with Crippen LogP contribution in [-0.2, 0) is 0 Å². The lowest BCUT2D eigenvalue weighted by Gasteiger charge is -2.01. The van der Waals surface area contributed by atoms with Crippen LogP contribution in [0.4, 0.5) is 0 Å². The minimum Gasteiger partial charge on any atom is -0.298 e. The molecule has 0 bridgehead atoms. The van der Waals surface area contributed by atoms with Gasteiger partial charge in [0.25, 0.3) is 0 Å². The zero-order chi connectivity index (χ0) is 9.97. The van der Waals surface area contributed by atoms with Gasteiger partial charge in [0.15, 0.2) is 12.1 Å². The summed E-state index contributed by atoms with van der Waals surface area (Å²) in [6.45, 7) is 0. The van der Waals surface area contributed by atoms with E-state index in [0.29, 0.717) is 16.4 Å². The molecule has 5 heteroatoms. The number of hydrogen-bond donors (Lipinski definition) is 0. The van der Waals surface area contributed by atoms with Crippen molar-refractivity contribution in [1.82, 2.24) is 14.8 Å². The summed E-state index contributed by atoms with van der Waals surface area (Å²) in [5.74, 6) is 0.481. The molecule has 0 fully saturated rings. The Morgan fingerprint density at radius 3 is 3.00 bits per heavy atom. The second kappa shape index (κ2) is 3.59. The van der Waals surface area contributed by atoms with E-state index in [1.54, 1.807) is 24.5 Å². The Morgan fingerprint density at radius 1 is 1.50 bits per heavy atom. The van der Waals surface area contributed by atoms with Crippen molar-refractivity contribution in [1.29, 1.82) is 0 Å². The standard InChI is InChI=1S/C9H6ClN3O/c10-8-4-12-13(5-8)9-7(6-14)2-1-3-11-9/h1-6H. The number of aromatic nitrogens is 3. The van der Waals surface area contributed by atoms with Crippen LogP contribution in [0.25, 0.3) is 5.82 Å². The van der Waals surface area contributed by atoms with Gasteiger partial charge in [0.05, 0.1) is 23.0 Å². The lowest BCUT2D eigenvalue weighted by Crippen LogP contribution is -2.01. The van der Waals surface area contributed by atoms with Gasteiger partial charge in [0.1, 0.15) is 0 Å². The summed E-state index contributed by atoms with van der Waals surface area (Å²) in [5, 5.41) is 4.46. The van der Waals surface area contributed by atoms with E-state index in [1.807, 2.05) is 0 Å². The van der Waals surface area contributed by atoms with Gasteiger partial charge in [-0.05, 0) is 12.1 Å².